The van der Waals surface area contributed by atoms with Gasteiger partial charge in [0.2, 0.25) is 0 Å². The molecule has 35 heavy (non-hydrogen) atoms. The van der Waals surface area contributed by atoms with E-state index < -0.39 is 0 Å². The molecular weight excluding hydrogens is 609 g/mol. The number of hydrogen-bond donors (Lipinski definition) is 0. The molecule has 0 amide bonds. The van der Waals surface area contributed by atoms with Gasteiger partial charge in [0.25, 0.3) is 0 Å². The van der Waals surface area contributed by atoms with Crippen LogP contribution in [0.3, 0.4) is 0 Å². The zero-order valence-corrected chi connectivity index (χ0v) is 22.2. The molecule has 3 nitrogen and oxygen atoms in total. The number of hydrogen-bond acceptors (Lipinski definition) is 3. The molecule has 0 unspecified atom stereocenters. The van der Waals surface area contributed by atoms with E-state index in [1.54, 1.807) is 6.20 Å². The maximum Gasteiger partial charge on any atom is 0.104 e. The fraction of sp³-hybridized carbons (Fsp3) is 0.161. The maximum absolute atomic E-state index is 5.94. The molecule has 6 rings (SSSR count). The number of pyridine rings is 2. The van der Waals surface area contributed by atoms with Crippen LogP contribution >= 0.6 is 0 Å². The van der Waals surface area contributed by atoms with Crippen molar-refractivity contribution in [2.24, 2.45) is 5.92 Å². The third-order valence-corrected chi connectivity index (χ3v) is 5.75. The normalized spacial score (nSPS) is 11.4. The van der Waals surface area contributed by atoms with Gasteiger partial charge in [0.15, 0.2) is 0 Å². The summed E-state index contributed by atoms with van der Waals surface area (Å²) in [7, 11) is 0. The number of aromatic nitrogens is 2. The summed E-state index contributed by atoms with van der Waals surface area (Å²) in [5.74, 6) is 1.50. The van der Waals surface area contributed by atoms with E-state index in [-0.39, 0.29) is 20.1 Å². The number of rotatable bonds is 3. The topological polar surface area (TPSA) is 35.0 Å². The Hall–Kier alpha value is -3.33. The van der Waals surface area contributed by atoms with Crippen LogP contribution in [-0.4, -0.2) is 9.97 Å². The van der Waals surface area contributed by atoms with Crippen molar-refractivity contribution in [1.29, 1.82) is 0 Å². The summed E-state index contributed by atoms with van der Waals surface area (Å²) in [6.07, 6.45) is 2.84. The van der Waals surface area contributed by atoms with Gasteiger partial charge in [0.05, 0.1) is 12.1 Å². The summed E-state index contributed by atoms with van der Waals surface area (Å²) < 4.78 is 5.94. The molecule has 3 heterocycles. The fourth-order valence-corrected chi connectivity index (χ4v) is 4.19. The molecule has 2 aromatic heterocycles. The van der Waals surface area contributed by atoms with E-state index in [1.807, 2.05) is 54.6 Å². The van der Waals surface area contributed by atoms with Gasteiger partial charge in [-0.15, -0.1) is 65.7 Å². The van der Waals surface area contributed by atoms with Crippen LogP contribution in [0.25, 0.3) is 33.4 Å². The molecule has 1 radical (unpaired) electrons. The van der Waals surface area contributed by atoms with Crippen LogP contribution in [0, 0.1) is 18.1 Å². The van der Waals surface area contributed by atoms with Gasteiger partial charge >= 0.3 is 0 Å². The van der Waals surface area contributed by atoms with Crippen molar-refractivity contribution in [3.8, 4) is 28.3 Å². The number of benzene rings is 3. The van der Waals surface area contributed by atoms with Gasteiger partial charge in [-0.1, -0.05) is 43.7 Å². The minimum absolute atomic E-state index is 0. The van der Waals surface area contributed by atoms with Crippen LogP contribution in [0.5, 0.6) is 5.75 Å². The second-order valence-electron chi connectivity index (χ2n) is 8.77. The van der Waals surface area contributed by atoms with Crippen LogP contribution in [0.15, 0.2) is 91.1 Å². The van der Waals surface area contributed by atoms with Gasteiger partial charge in [0, 0.05) is 37.4 Å². The third-order valence-electron chi connectivity index (χ3n) is 5.75. The Bertz CT molecular complexity index is 1360. The molecule has 0 N–H and O–H groups in total. The van der Waals surface area contributed by atoms with Crippen LogP contribution < -0.4 is 4.74 Å². The van der Waals surface area contributed by atoms with Crippen LogP contribution in [0.4, 0.5) is 0 Å². The Morgan fingerprint density at radius 3 is 2.54 bits per heavy atom. The van der Waals surface area contributed by atoms with Gasteiger partial charge in [-0.25, -0.2) is 0 Å². The molecule has 0 fully saturated rings. The molecule has 0 saturated heterocycles. The van der Waals surface area contributed by atoms with Crippen molar-refractivity contribution < 1.29 is 24.8 Å². The van der Waals surface area contributed by atoms with Gasteiger partial charge in [-0.3, -0.25) is 4.98 Å². The van der Waals surface area contributed by atoms with Crippen molar-refractivity contribution in [3.05, 3.63) is 114 Å². The number of nitrogens with zero attached hydrogens (tertiary/aromatic N) is 2. The number of fused-ring (bicyclic) bond motifs is 4. The van der Waals surface area contributed by atoms with E-state index in [0.717, 1.165) is 45.8 Å². The smallest absolute Gasteiger partial charge is 0.104 e. The molecule has 0 spiro atoms. The summed E-state index contributed by atoms with van der Waals surface area (Å²) in [5.41, 5.74) is 7.52. The monoisotopic (exact) mass is 635 g/mol. The first-order valence-electron chi connectivity index (χ1n) is 11.6. The van der Waals surface area contributed by atoms with Crippen molar-refractivity contribution in [2.45, 2.75) is 26.9 Å². The average Bonchev–Trinajstić information content (AvgIpc) is 2.89. The van der Waals surface area contributed by atoms with Gasteiger partial charge in [-0.2, -0.15) is 0 Å². The molecule has 177 valence electrons. The van der Waals surface area contributed by atoms with E-state index >= 15 is 0 Å². The quantitative estimate of drug-likeness (QED) is 0.195. The first-order chi connectivity index (χ1) is 16.7. The Balaban J connectivity index is 0.000000189. The molecule has 0 aliphatic carbocycles. The molecule has 0 atom stereocenters. The van der Waals surface area contributed by atoms with Crippen LogP contribution in [0.2, 0.25) is 0 Å². The molecule has 1 aliphatic rings. The number of ether oxygens (including phenoxy) is 1. The van der Waals surface area contributed by atoms with Crippen LogP contribution in [-0.2, 0) is 33.1 Å². The Labute approximate surface area is 220 Å². The van der Waals surface area contributed by atoms with Crippen molar-refractivity contribution in [2.75, 3.05) is 0 Å². The molecule has 5 aromatic rings. The van der Waals surface area contributed by atoms with Gasteiger partial charge in [-0.05, 0) is 41.8 Å². The maximum atomic E-state index is 5.94. The molecular formula is C31H26IrN2O-2. The van der Waals surface area contributed by atoms with E-state index in [0.29, 0.717) is 12.5 Å². The largest absolute Gasteiger partial charge is 0.506 e. The average molecular weight is 635 g/mol. The minimum Gasteiger partial charge on any atom is -0.506 e. The summed E-state index contributed by atoms with van der Waals surface area (Å²) in [5, 5.41) is 1.20. The second-order valence-corrected chi connectivity index (χ2v) is 8.77. The summed E-state index contributed by atoms with van der Waals surface area (Å²) in [6.45, 7) is 5.08. The Morgan fingerprint density at radius 1 is 0.914 bits per heavy atom. The SMILES string of the molecule is CC(C)Cc1cccc2nc3c(cc12)OCc1ccc[c-]c1-3.[Ir].[c-]1ccccc1-c1ccccn1. The van der Waals surface area contributed by atoms with E-state index in [4.69, 9.17) is 9.72 Å². The standard InChI is InChI=1S/C20H18NO.C11H8N.Ir/c1-13(2)10-14-7-5-9-18-17(14)11-19-20(21-18)16-8-4-3-6-15(16)12-22-19;1-2-6-10(7-3-1)11-8-4-5-9-12-11;/h3-7,9,11,13H,10,12H2,1-2H3;1-6,8-9H;/q2*-1;. The van der Waals surface area contributed by atoms with Crippen LogP contribution in [0.1, 0.15) is 25.0 Å². The van der Waals surface area contributed by atoms with Gasteiger partial charge in [0.1, 0.15) is 5.75 Å². The molecule has 0 bridgehead atoms. The van der Waals surface area contributed by atoms with E-state index in [1.165, 1.54) is 10.9 Å². The molecule has 0 saturated carbocycles. The summed E-state index contributed by atoms with van der Waals surface area (Å²) in [4.78, 5) is 9.09. The molecule has 3 aromatic carbocycles. The predicted molar refractivity (Wildman–Crippen MR) is 137 cm³/mol. The van der Waals surface area contributed by atoms with E-state index in [9.17, 15) is 0 Å². The summed E-state index contributed by atoms with van der Waals surface area (Å²) >= 11 is 0. The van der Waals surface area contributed by atoms with Crippen molar-refractivity contribution >= 4 is 10.9 Å². The van der Waals surface area contributed by atoms with Crippen molar-refractivity contribution in [3.63, 3.8) is 0 Å². The Morgan fingerprint density at radius 2 is 1.77 bits per heavy atom. The zero-order chi connectivity index (χ0) is 23.3. The fourth-order valence-electron chi connectivity index (χ4n) is 4.19. The summed E-state index contributed by atoms with van der Waals surface area (Å²) in [6, 6.07) is 34.7. The zero-order valence-electron chi connectivity index (χ0n) is 19.8. The molecule has 4 heteroatoms. The minimum atomic E-state index is 0. The molecule has 1 aliphatic heterocycles. The van der Waals surface area contributed by atoms with Crippen molar-refractivity contribution in [1.82, 2.24) is 9.97 Å². The first kappa shape index (κ1) is 24.8. The first-order valence-corrected chi connectivity index (χ1v) is 11.6. The second kappa shape index (κ2) is 11.4. The van der Waals surface area contributed by atoms with E-state index in [2.05, 4.69) is 61.3 Å². The van der Waals surface area contributed by atoms with Gasteiger partial charge < -0.3 is 9.72 Å². The predicted octanol–water partition coefficient (Wildman–Crippen LogP) is 7.34. The third kappa shape index (κ3) is 5.67. The Kier molecular flexibility index (Phi) is 8.07.